The van der Waals surface area contributed by atoms with Crippen LogP contribution in [0.1, 0.15) is 31.2 Å². The molecule has 1 aromatic rings. The Morgan fingerprint density at radius 2 is 1.64 bits per heavy atom. The lowest BCUT2D eigenvalue weighted by Gasteiger charge is -2.29. The van der Waals surface area contributed by atoms with Crippen molar-refractivity contribution >= 4 is 21.9 Å². The topological polar surface area (TPSA) is 95.0 Å². The highest BCUT2D eigenvalue weighted by Gasteiger charge is 2.44. The van der Waals surface area contributed by atoms with Gasteiger partial charge in [-0.25, -0.2) is 13.2 Å². The Morgan fingerprint density at radius 3 is 2.28 bits per heavy atom. The van der Waals surface area contributed by atoms with Crippen LogP contribution in [0.25, 0.3) is 0 Å². The number of benzene rings is 1. The summed E-state index contributed by atoms with van der Waals surface area (Å²) in [5.41, 5.74) is 0.953. The number of sulfonamides is 1. The fourth-order valence-electron chi connectivity index (χ4n) is 3.60. The molecule has 2 fully saturated rings. The predicted octanol–water partition coefficient (Wildman–Crippen LogP) is 1.22. The molecule has 2 atom stereocenters. The molecule has 2 heterocycles. The fraction of sp³-hybridized carbons (Fsp3) is 0.529. The Labute approximate surface area is 147 Å². The summed E-state index contributed by atoms with van der Waals surface area (Å²) in [5, 5.41) is 9.28. The highest BCUT2D eigenvalue weighted by Crippen LogP contribution is 2.29. The Balaban J connectivity index is 1.86. The number of carbonyl (C=O) groups is 2. The number of rotatable bonds is 4. The number of aryl methyl sites for hydroxylation is 1. The monoisotopic (exact) mass is 366 g/mol. The van der Waals surface area contributed by atoms with Gasteiger partial charge in [-0.1, -0.05) is 17.7 Å². The van der Waals surface area contributed by atoms with Crippen molar-refractivity contribution in [1.82, 2.24) is 9.21 Å². The molecule has 0 bridgehead atoms. The minimum Gasteiger partial charge on any atom is -0.480 e. The molecule has 0 aromatic heterocycles. The van der Waals surface area contributed by atoms with Crippen LogP contribution >= 0.6 is 0 Å². The summed E-state index contributed by atoms with van der Waals surface area (Å²) in [6.45, 7) is 2.51. The van der Waals surface area contributed by atoms with E-state index in [1.807, 2.05) is 6.92 Å². The molecule has 0 aliphatic carbocycles. The van der Waals surface area contributed by atoms with E-state index >= 15 is 0 Å². The smallest absolute Gasteiger partial charge is 0.326 e. The van der Waals surface area contributed by atoms with Crippen molar-refractivity contribution in [3.05, 3.63) is 29.8 Å². The van der Waals surface area contributed by atoms with Crippen LogP contribution in [0, 0.1) is 6.92 Å². The second-order valence-corrected chi connectivity index (χ2v) is 8.51. The van der Waals surface area contributed by atoms with Gasteiger partial charge in [0.25, 0.3) is 0 Å². The lowest BCUT2D eigenvalue weighted by atomic mass is 10.1. The number of likely N-dealkylation sites (tertiary alicyclic amines) is 1. The standard InChI is InChI=1S/C17H22N2O5S/c1-12-6-8-13(9-7-12)25(23,24)19-11-3-4-14(19)16(20)18-10-2-5-15(18)17(21)22/h6-9,14-15H,2-5,10-11H2,1H3,(H,21,22)/t14-,15-/m0/s1. The van der Waals surface area contributed by atoms with Gasteiger partial charge in [0.1, 0.15) is 12.1 Å². The Kier molecular flexibility index (Phi) is 4.83. The molecule has 0 saturated carbocycles. The molecule has 1 aromatic carbocycles. The normalized spacial score (nSPS) is 24.6. The van der Waals surface area contributed by atoms with Crippen molar-refractivity contribution < 1.29 is 23.1 Å². The molecular weight excluding hydrogens is 344 g/mol. The molecule has 2 aliphatic rings. The number of hydrogen-bond donors (Lipinski definition) is 1. The highest BCUT2D eigenvalue weighted by molar-refractivity contribution is 7.89. The summed E-state index contributed by atoms with van der Waals surface area (Å²) in [4.78, 5) is 25.7. The fourth-order valence-corrected chi connectivity index (χ4v) is 5.25. The summed E-state index contributed by atoms with van der Waals surface area (Å²) in [5.74, 6) is -1.42. The number of carboxylic acids is 1. The molecule has 3 rings (SSSR count). The number of hydrogen-bond acceptors (Lipinski definition) is 4. The third-order valence-corrected chi connectivity index (χ3v) is 6.86. The van der Waals surface area contributed by atoms with Gasteiger partial charge >= 0.3 is 5.97 Å². The van der Waals surface area contributed by atoms with Crippen LogP contribution in [0.2, 0.25) is 0 Å². The van der Waals surface area contributed by atoms with Crippen LogP contribution in [0.5, 0.6) is 0 Å². The lowest BCUT2D eigenvalue weighted by Crippen LogP contribution is -2.50. The third-order valence-electron chi connectivity index (χ3n) is 4.94. The van der Waals surface area contributed by atoms with Crippen LogP contribution in [0.15, 0.2) is 29.2 Å². The number of aliphatic carboxylic acids is 1. The predicted molar refractivity (Wildman–Crippen MR) is 90.5 cm³/mol. The second-order valence-electron chi connectivity index (χ2n) is 6.61. The van der Waals surface area contributed by atoms with E-state index in [1.54, 1.807) is 24.3 Å². The molecule has 0 spiro atoms. The van der Waals surface area contributed by atoms with Gasteiger partial charge in [0.2, 0.25) is 15.9 Å². The number of carboxylic acid groups (broad SMARTS) is 1. The van der Waals surface area contributed by atoms with Crippen molar-refractivity contribution in [1.29, 1.82) is 0 Å². The maximum atomic E-state index is 12.9. The van der Waals surface area contributed by atoms with Crippen molar-refractivity contribution in [2.45, 2.75) is 49.6 Å². The maximum absolute atomic E-state index is 12.9. The van der Waals surface area contributed by atoms with E-state index in [-0.39, 0.29) is 11.4 Å². The van der Waals surface area contributed by atoms with Crippen molar-refractivity contribution in [2.75, 3.05) is 13.1 Å². The van der Waals surface area contributed by atoms with Crippen LogP contribution < -0.4 is 0 Å². The first-order chi connectivity index (χ1) is 11.8. The molecule has 1 N–H and O–H groups in total. The summed E-state index contributed by atoms with van der Waals surface area (Å²) >= 11 is 0. The number of carbonyl (C=O) groups excluding carboxylic acids is 1. The maximum Gasteiger partial charge on any atom is 0.326 e. The summed E-state index contributed by atoms with van der Waals surface area (Å²) in [6, 6.07) is 4.87. The van der Waals surface area contributed by atoms with E-state index < -0.39 is 34.0 Å². The van der Waals surface area contributed by atoms with E-state index in [4.69, 9.17) is 0 Å². The summed E-state index contributed by atoms with van der Waals surface area (Å²) in [6.07, 6.45) is 2.05. The van der Waals surface area contributed by atoms with Gasteiger partial charge in [-0.15, -0.1) is 0 Å². The number of amides is 1. The first-order valence-electron chi connectivity index (χ1n) is 8.44. The molecule has 0 radical (unpaired) electrons. The van der Waals surface area contributed by atoms with E-state index in [2.05, 4.69) is 0 Å². The van der Waals surface area contributed by atoms with Gasteiger partial charge < -0.3 is 10.0 Å². The molecule has 1 amide bonds. The van der Waals surface area contributed by atoms with Gasteiger partial charge in [0.15, 0.2) is 0 Å². The second kappa shape index (κ2) is 6.76. The van der Waals surface area contributed by atoms with Gasteiger partial charge in [-0.05, 0) is 44.7 Å². The zero-order chi connectivity index (χ0) is 18.2. The van der Waals surface area contributed by atoms with E-state index in [9.17, 15) is 23.1 Å². The molecule has 136 valence electrons. The largest absolute Gasteiger partial charge is 0.480 e. The molecule has 2 aliphatic heterocycles. The number of nitrogens with zero attached hydrogens (tertiary/aromatic N) is 2. The highest BCUT2D eigenvalue weighted by atomic mass is 32.2. The Bertz CT molecular complexity index is 775. The Hall–Kier alpha value is -1.93. The zero-order valence-electron chi connectivity index (χ0n) is 14.1. The van der Waals surface area contributed by atoms with Gasteiger partial charge in [-0.3, -0.25) is 4.79 Å². The molecule has 0 unspecified atom stereocenters. The van der Waals surface area contributed by atoms with Crippen LogP contribution in [-0.2, 0) is 19.6 Å². The molecule has 2 saturated heterocycles. The van der Waals surface area contributed by atoms with Crippen LogP contribution in [0.3, 0.4) is 0 Å². The van der Waals surface area contributed by atoms with E-state index in [1.165, 1.54) is 9.21 Å². The third kappa shape index (κ3) is 3.28. The minimum atomic E-state index is -3.78. The average Bonchev–Trinajstić information content (AvgIpc) is 3.24. The quantitative estimate of drug-likeness (QED) is 0.865. The molecule has 7 nitrogen and oxygen atoms in total. The van der Waals surface area contributed by atoms with Crippen LogP contribution in [0.4, 0.5) is 0 Å². The van der Waals surface area contributed by atoms with E-state index in [0.29, 0.717) is 32.2 Å². The average molecular weight is 366 g/mol. The summed E-state index contributed by atoms with van der Waals surface area (Å²) < 4.78 is 27.1. The zero-order valence-corrected chi connectivity index (χ0v) is 14.9. The minimum absolute atomic E-state index is 0.161. The van der Waals surface area contributed by atoms with Crippen molar-refractivity contribution in [3.8, 4) is 0 Å². The van der Waals surface area contributed by atoms with E-state index in [0.717, 1.165) is 5.56 Å². The van der Waals surface area contributed by atoms with Crippen molar-refractivity contribution in [3.63, 3.8) is 0 Å². The summed E-state index contributed by atoms with van der Waals surface area (Å²) in [7, 11) is -3.78. The van der Waals surface area contributed by atoms with Gasteiger partial charge in [-0.2, -0.15) is 4.31 Å². The van der Waals surface area contributed by atoms with Crippen molar-refractivity contribution in [2.24, 2.45) is 0 Å². The lowest BCUT2D eigenvalue weighted by molar-refractivity contribution is -0.149. The molecular formula is C17H22N2O5S. The first-order valence-corrected chi connectivity index (χ1v) is 9.88. The van der Waals surface area contributed by atoms with Crippen LogP contribution in [-0.4, -0.2) is 59.8 Å². The Morgan fingerprint density at radius 1 is 1.04 bits per heavy atom. The first kappa shape index (κ1) is 17.9. The molecule has 8 heteroatoms. The molecule has 25 heavy (non-hydrogen) atoms. The SMILES string of the molecule is Cc1ccc(S(=O)(=O)N2CCC[C@H]2C(=O)N2CCC[C@H]2C(=O)O)cc1. The van der Waals surface area contributed by atoms with Gasteiger partial charge in [0, 0.05) is 13.1 Å². The van der Waals surface area contributed by atoms with Gasteiger partial charge in [0.05, 0.1) is 4.90 Å².